The molecule has 2 nitrogen and oxygen atoms in total. The second-order valence-electron chi connectivity index (χ2n) is 2.83. The topological polar surface area (TPSA) is 30.2 Å². The third-order valence-corrected chi connectivity index (χ3v) is 1.85. The molecule has 2 heteroatoms. The van der Waals surface area contributed by atoms with Gasteiger partial charge in [0, 0.05) is 19.3 Å². The van der Waals surface area contributed by atoms with Crippen molar-refractivity contribution in [3.05, 3.63) is 24.2 Å². The highest BCUT2D eigenvalue weighted by Crippen LogP contribution is 2.06. The van der Waals surface area contributed by atoms with Crippen LogP contribution in [-0.4, -0.2) is 5.78 Å². The van der Waals surface area contributed by atoms with Crippen molar-refractivity contribution in [3.8, 4) is 0 Å². The van der Waals surface area contributed by atoms with Gasteiger partial charge in [-0.05, 0) is 18.6 Å². The summed E-state index contributed by atoms with van der Waals surface area (Å²) in [5.41, 5.74) is 0. The summed E-state index contributed by atoms with van der Waals surface area (Å²) in [4.78, 5) is 10.9. The van der Waals surface area contributed by atoms with Gasteiger partial charge in [0.25, 0.3) is 0 Å². The van der Waals surface area contributed by atoms with Crippen LogP contribution in [0.2, 0.25) is 0 Å². The summed E-state index contributed by atoms with van der Waals surface area (Å²) in [6.45, 7) is 1.90. The van der Waals surface area contributed by atoms with Crippen LogP contribution in [0, 0.1) is 0 Å². The van der Waals surface area contributed by atoms with E-state index in [1.165, 1.54) is 0 Å². The van der Waals surface area contributed by atoms with Crippen LogP contribution < -0.4 is 0 Å². The molecule has 0 bridgehead atoms. The van der Waals surface area contributed by atoms with Crippen LogP contribution in [0.1, 0.15) is 31.9 Å². The van der Waals surface area contributed by atoms with E-state index in [4.69, 9.17) is 4.42 Å². The Morgan fingerprint density at radius 2 is 2.42 bits per heavy atom. The van der Waals surface area contributed by atoms with Gasteiger partial charge in [-0.25, -0.2) is 0 Å². The monoisotopic (exact) mass is 166 g/mol. The Kier molecular flexibility index (Phi) is 3.58. The van der Waals surface area contributed by atoms with Gasteiger partial charge in [0.15, 0.2) is 0 Å². The van der Waals surface area contributed by atoms with Gasteiger partial charge >= 0.3 is 0 Å². The lowest BCUT2D eigenvalue weighted by atomic mass is 10.1. The molecule has 0 aliphatic heterocycles. The summed E-state index contributed by atoms with van der Waals surface area (Å²) in [6.07, 6.45) is 4.77. The standard InChI is InChI=1S/C10H14O2/c1-2-9(11)5-3-6-10-7-4-8-12-10/h4,7-8H,2-3,5-6H2,1H3. The third-order valence-electron chi connectivity index (χ3n) is 1.85. The molecule has 1 aromatic heterocycles. The first-order valence-electron chi connectivity index (χ1n) is 4.37. The van der Waals surface area contributed by atoms with Crippen molar-refractivity contribution in [2.75, 3.05) is 0 Å². The number of ketones is 1. The zero-order valence-corrected chi connectivity index (χ0v) is 7.38. The summed E-state index contributed by atoms with van der Waals surface area (Å²) in [7, 11) is 0. The number of aryl methyl sites for hydroxylation is 1. The van der Waals surface area contributed by atoms with Crippen LogP contribution >= 0.6 is 0 Å². The SMILES string of the molecule is CCC(=O)CCCc1ccco1. The third kappa shape index (κ3) is 2.91. The molecule has 0 saturated carbocycles. The lowest BCUT2D eigenvalue weighted by molar-refractivity contribution is -0.118. The largest absolute Gasteiger partial charge is 0.469 e. The van der Waals surface area contributed by atoms with Gasteiger partial charge in [-0.1, -0.05) is 6.92 Å². The molecule has 0 unspecified atom stereocenters. The van der Waals surface area contributed by atoms with Gasteiger partial charge in [0.05, 0.1) is 6.26 Å². The van der Waals surface area contributed by atoms with Crippen molar-refractivity contribution in [2.24, 2.45) is 0 Å². The first kappa shape index (κ1) is 9.04. The van der Waals surface area contributed by atoms with Crippen molar-refractivity contribution in [2.45, 2.75) is 32.6 Å². The molecule has 0 saturated heterocycles. The van der Waals surface area contributed by atoms with E-state index in [0.717, 1.165) is 18.6 Å². The molecule has 12 heavy (non-hydrogen) atoms. The highest BCUT2D eigenvalue weighted by atomic mass is 16.3. The predicted molar refractivity (Wildman–Crippen MR) is 46.9 cm³/mol. The first-order valence-corrected chi connectivity index (χ1v) is 4.37. The zero-order valence-electron chi connectivity index (χ0n) is 7.38. The second kappa shape index (κ2) is 4.75. The Hall–Kier alpha value is -1.05. The predicted octanol–water partition coefficient (Wildman–Crippen LogP) is 2.58. The molecular formula is C10H14O2. The minimum absolute atomic E-state index is 0.335. The molecule has 0 amide bonds. The van der Waals surface area contributed by atoms with Gasteiger partial charge in [0.1, 0.15) is 11.5 Å². The van der Waals surface area contributed by atoms with Crippen LogP contribution in [0.4, 0.5) is 0 Å². The van der Waals surface area contributed by atoms with Gasteiger partial charge in [-0.3, -0.25) is 4.79 Å². The molecule has 66 valence electrons. The lowest BCUT2D eigenvalue weighted by Gasteiger charge is -1.95. The average molecular weight is 166 g/mol. The summed E-state index contributed by atoms with van der Waals surface area (Å²) < 4.78 is 5.14. The van der Waals surface area contributed by atoms with Crippen LogP contribution in [0.3, 0.4) is 0 Å². The molecular weight excluding hydrogens is 152 g/mol. The first-order chi connectivity index (χ1) is 5.83. The van der Waals surface area contributed by atoms with E-state index in [1.807, 2.05) is 19.1 Å². The van der Waals surface area contributed by atoms with E-state index >= 15 is 0 Å². The normalized spacial score (nSPS) is 10.1. The van der Waals surface area contributed by atoms with E-state index in [-0.39, 0.29) is 0 Å². The molecule has 0 atom stereocenters. The quantitative estimate of drug-likeness (QED) is 0.673. The molecule has 0 aromatic carbocycles. The summed E-state index contributed by atoms with van der Waals surface area (Å²) >= 11 is 0. The minimum atomic E-state index is 0.335. The number of furan rings is 1. The Labute approximate surface area is 72.6 Å². The van der Waals surface area contributed by atoms with Gasteiger partial charge < -0.3 is 4.42 Å². The van der Waals surface area contributed by atoms with Gasteiger partial charge in [-0.15, -0.1) is 0 Å². The fourth-order valence-electron chi connectivity index (χ4n) is 1.09. The molecule has 1 aromatic rings. The zero-order chi connectivity index (χ0) is 8.81. The second-order valence-corrected chi connectivity index (χ2v) is 2.83. The molecule has 0 radical (unpaired) electrons. The van der Waals surface area contributed by atoms with Gasteiger partial charge in [-0.2, -0.15) is 0 Å². The number of hydrogen-bond acceptors (Lipinski definition) is 2. The summed E-state index contributed by atoms with van der Waals surface area (Å²) in [5.74, 6) is 1.31. The number of hydrogen-bond donors (Lipinski definition) is 0. The number of rotatable bonds is 5. The maximum absolute atomic E-state index is 10.9. The maximum atomic E-state index is 10.9. The van der Waals surface area contributed by atoms with E-state index in [9.17, 15) is 4.79 Å². The smallest absolute Gasteiger partial charge is 0.132 e. The summed E-state index contributed by atoms with van der Waals surface area (Å²) in [5, 5.41) is 0. The molecule has 0 spiro atoms. The summed E-state index contributed by atoms with van der Waals surface area (Å²) in [6, 6.07) is 3.81. The van der Waals surface area contributed by atoms with Crippen molar-refractivity contribution < 1.29 is 9.21 Å². The van der Waals surface area contributed by atoms with Gasteiger partial charge in [0.2, 0.25) is 0 Å². The fraction of sp³-hybridized carbons (Fsp3) is 0.500. The van der Waals surface area contributed by atoms with Crippen LogP contribution in [0.25, 0.3) is 0 Å². The molecule has 0 fully saturated rings. The fourth-order valence-corrected chi connectivity index (χ4v) is 1.09. The number of carbonyl (C=O) groups excluding carboxylic acids is 1. The molecule has 1 rings (SSSR count). The van der Waals surface area contributed by atoms with E-state index in [1.54, 1.807) is 6.26 Å². The molecule has 0 aliphatic carbocycles. The van der Waals surface area contributed by atoms with E-state index < -0.39 is 0 Å². The Bertz CT molecular complexity index is 224. The van der Waals surface area contributed by atoms with Crippen molar-refractivity contribution >= 4 is 5.78 Å². The molecule has 1 heterocycles. The Morgan fingerprint density at radius 1 is 1.58 bits per heavy atom. The minimum Gasteiger partial charge on any atom is -0.469 e. The number of Topliss-reactive ketones (excluding diaryl/α,β-unsaturated/α-hetero) is 1. The Morgan fingerprint density at radius 3 is 3.00 bits per heavy atom. The lowest BCUT2D eigenvalue weighted by Crippen LogP contribution is -1.95. The van der Waals surface area contributed by atoms with Crippen molar-refractivity contribution in [3.63, 3.8) is 0 Å². The van der Waals surface area contributed by atoms with Crippen LogP contribution in [0.5, 0.6) is 0 Å². The highest BCUT2D eigenvalue weighted by molar-refractivity contribution is 5.77. The molecule has 0 N–H and O–H groups in total. The average Bonchev–Trinajstić information content (AvgIpc) is 2.57. The van der Waals surface area contributed by atoms with Crippen LogP contribution in [-0.2, 0) is 11.2 Å². The Balaban J connectivity index is 2.15. The number of carbonyl (C=O) groups is 1. The maximum Gasteiger partial charge on any atom is 0.132 e. The molecule has 0 aliphatic rings. The van der Waals surface area contributed by atoms with Crippen molar-refractivity contribution in [1.82, 2.24) is 0 Å². The van der Waals surface area contributed by atoms with E-state index in [2.05, 4.69) is 0 Å². The van der Waals surface area contributed by atoms with Crippen LogP contribution in [0.15, 0.2) is 22.8 Å². The van der Waals surface area contributed by atoms with Crippen molar-refractivity contribution in [1.29, 1.82) is 0 Å². The van der Waals surface area contributed by atoms with E-state index in [0.29, 0.717) is 18.6 Å². The highest BCUT2D eigenvalue weighted by Gasteiger charge is 1.99.